The third kappa shape index (κ3) is 3.77. The molecule has 0 saturated carbocycles. The van der Waals surface area contributed by atoms with Crippen LogP contribution in [0.4, 0.5) is 5.69 Å². The fraction of sp³-hybridized carbons (Fsp3) is 0.100. The van der Waals surface area contributed by atoms with Gasteiger partial charge >= 0.3 is 0 Å². The first-order valence-corrected chi connectivity index (χ1v) is 9.34. The van der Waals surface area contributed by atoms with Gasteiger partial charge < -0.3 is 10.1 Å². The Labute approximate surface area is 163 Å². The first kappa shape index (κ1) is 17.9. The standard InChI is InChI=1S/C20H16N4O3S/c1-13-4-2-3-5-16(13)23-18(25)11-27-15-8-6-14(7-9-15)10-17-19(26)24-20(28-17)21-12-22-24/h2-10,12H,11H2,1H3,(H,23,25)/b17-10-. The highest BCUT2D eigenvalue weighted by atomic mass is 32.1. The number of amides is 1. The summed E-state index contributed by atoms with van der Waals surface area (Å²) < 4.78 is 7.37. The van der Waals surface area contributed by atoms with Gasteiger partial charge in [-0.2, -0.15) is 9.61 Å². The van der Waals surface area contributed by atoms with E-state index in [2.05, 4.69) is 15.4 Å². The van der Waals surface area contributed by atoms with Crippen LogP contribution in [0.5, 0.6) is 5.75 Å². The average Bonchev–Trinajstić information content (AvgIpc) is 3.26. The molecule has 1 amide bonds. The Hall–Kier alpha value is -3.52. The summed E-state index contributed by atoms with van der Waals surface area (Å²) in [7, 11) is 0. The zero-order valence-corrected chi connectivity index (χ0v) is 15.8. The van der Waals surface area contributed by atoms with Crippen LogP contribution in [0.3, 0.4) is 0 Å². The van der Waals surface area contributed by atoms with Crippen molar-refractivity contribution in [3.05, 3.63) is 80.9 Å². The number of nitrogens with one attached hydrogen (secondary N) is 1. The molecule has 140 valence electrons. The summed E-state index contributed by atoms with van der Waals surface area (Å²) in [5.41, 5.74) is 2.42. The zero-order chi connectivity index (χ0) is 19.5. The monoisotopic (exact) mass is 392 g/mol. The molecule has 0 radical (unpaired) electrons. The Bertz CT molecular complexity index is 1240. The van der Waals surface area contributed by atoms with E-state index < -0.39 is 0 Å². The van der Waals surface area contributed by atoms with Gasteiger partial charge in [-0.25, -0.2) is 4.98 Å². The minimum Gasteiger partial charge on any atom is -0.484 e. The summed E-state index contributed by atoms with van der Waals surface area (Å²) in [4.78, 5) is 28.8. The van der Waals surface area contributed by atoms with E-state index in [1.807, 2.05) is 43.3 Å². The number of ether oxygens (including phenoxy) is 1. The molecule has 0 saturated heterocycles. The van der Waals surface area contributed by atoms with Crippen molar-refractivity contribution in [2.45, 2.75) is 6.92 Å². The van der Waals surface area contributed by atoms with Gasteiger partial charge in [-0.1, -0.05) is 41.7 Å². The number of carbonyl (C=O) groups excluding carboxylic acids is 1. The lowest BCUT2D eigenvalue weighted by atomic mass is 10.2. The number of para-hydroxylation sites is 1. The molecule has 4 rings (SSSR count). The number of hydrogen-bond acceptors (Lipinski definition) is 6. The van der Waals surface area contributed by atoms with Crippen LogP contribution in [0.2, 0.25) is 0 Å². The van der Waals surface area contributed by atoms with Crippen LogP contribution in [0.25, 0.3) is 11.0 Å². The lowest BCUT2D eigenvalue weighted by molar-refractivity contribution is -0.118. The van der Waals surface area contributed by atoms with Crippen molar-refractivity contribution >= 4 is 34.0 Å². The van der Waals surface area contributed by atoms with Gasteiger partial charge in [-0.15, -0.1) is 0 Å². The molecular weight excluding hydrogens is 376 g/mol. The van der Waals surface area contributed by atoms with Gasteiger partial charge in [0.1, 0.15) is 12.1 Å². The molecule has 0 aliphatic rings. The number of rotatable bonds is 5. The smallest absolute Gasteiger partial charge is 0.291 e. The maximum Gasteiger partial charge on any atom is 0.291 e. The predicted octanol–water partition coefficient (Wildman–Crippen LogP) is 2.02. The summed E-state index contributed by atoms with van der Waals surface area (Å²) >= 11 is 1.28. The van der Waals surface area contributed by atoms with Crippen LogP contribution in [0.15, 0.2) is 59.7 Å². The zero-order valence-electron chi connectivity index (χ0n) is 15.0. The quantitative estimate of drug-likeness (QED) is 0.562. The molecule has 0 aliphatic heterocycles. The molecule has 0 atom stereocenters. The molecule has 0 bridgehead atoms. The highest BCUT2D eigenvalue weighted by Gasteiger charge is 2.07. The molecular formula is C20H16N4O3S. The van der Waals surface area contributed by atoms with E-state index in [9.17, 15) is 9.59 Å². The topological polar surface area (TPSA) is 85.6 Å². The van der Waals surface area contributed by atoms with Crippen molar-refractivity contribution in [3.8, 4) is 5.75 Å². The van der Waals surface area contributed by atoms with Crippen LogP contribution in [-0.2, 0) is 4.79 Å². The Kier molecular flexibility index (Phi) is 4.86. The lowest BCUT2D eigenvalue weighted by Crippen LogP contribution is -2.23. The third-order valence-electron chi connectivity index (χ3n) is 4.09. The molecule has 8 heteroatoms. The Morgan fingerprint density at radius 2 is 2.00 bits per heavy atom. The molecule has 0 unspecified atom stereocenters. The molecule has 1 N–H and O–H groups in total. The second-order valence-electron chi connectivity index (χ2n) is 6.09. The summed E-state index contributed by atoms with van der Waals surface area (Å²) in [6.07, 6.45) is 3.14. The second kappa shape index (κ2) is 7.61. The van der Waals surface area contributed by atoms with Crippen molar-refractivity contribution in [2.24, 2.45) is 0 Å². The van der Waals surface area contributed by atoms with E-state index in [1.54, 1.807) is 18.2 Å². The van der Waals surface area contributed by atoms with E-state index >= 15 is 0 Å². The average molecular weight is 392 g/mol. The van der Waals surface area contributed by atoms with Crippen LogP contribution in [-0.4, -0.2) is 27.1 Å². The molecule has 2 heterocycles. The van der Waals surface area contributed by atoms with Gasteiger partial charge in [0.15, 0.2) is 6.61 Å². The molecule has 4 aromatic rings. The first-order valence-electron chi connectivity index (χ1n) is 8.53. The normalized spacial score (nSPS) is 11.7. The molecule has 2 aromatic heterocycles. The van der Waals surface area contributed by atoms with Crippen molar-refractivity contribution in [1.29, 1.82) is 0 Å². The van der Waals surface area contributed by atoms with Gasteiger partial charge in [0.05, 0.1) is 4.53 Å². The van der Waals surface area contributed by atoms with Gasteiger partial charge in [0.2, 0.25) is 4.96 Å². The fourth-order valence-electron chi connectivity index (χ4n) is 2.64. The van der Waals surface area contributed by atoms with Crippen molar-refractivity contribution in [2.75, 3.05) is 11.9 Å². The molecule has 2 aromatic carbocycles. The molecule has 28 heavy (non-hydrogen) atoms. The van der Waals surface area contributed by atoms with E-state index in [1.165, 1.54) is 22.2 Å². The van der Waals surface area contributed by atoms with Gasteiger partial charge in [0.25, 0.3) is 11.5 Å². The summed E-state index contributed by atoms with van der Waals surface area (Å²) in [6, 6.07) is 14.7. The van der Waals surface area contributed by atoms with E-state index in [4.69, 9.17) is 4.74 Å². The van der Waals surface area contributed by atoms with Crippen LogP contribution in [0, 0.1) is 6.92 Å². The van der Waals surface area contributed by atoms with Crippen LogP contribution >= 0.6 is 11.3 Å². The van der Waals surface area contributed by atoms with Crippen LogP contribution in [0.1, 0.15) is 11.1 Å². The van der Waals surface area contributed by atoms with Gasteiger partial charge in [-0.05, 0) is 42.3 Å². The van der Waals surface area contributed by atoms with Crippen molar-refractivity contribution in [1.82, 2.24) is 14.6 Å². The number of carbonyl (C=O) groups is 1. The Morgan fingerprint density at radius 3 is 2.75 bits per heavy atom. The molecule has 0 spiro atoms. The lowest BCUT2D eigenvalue weighted by Gasteiger charge is -2.09. The molecule has 0 fully saturated rings. The summed E-state index contributed by atoms with van der Waals surface area (Å²) in [5.74, 6) is 0.345. The Balaban J connectivity index is 1.41. The number of fused-ring (bicyclic) bond motifs is 1. The van der Waals surface area contributed by atoms with Crippen molar-refractivity contribution in [3.63, 3.8) is 0 Å². The number of benzene rings is 2. The van der Waals surface area contributed by atoms with E-state index in [-0.39, 0.29) is 18.1 Å². The Morgan fingerprint density at radius 1 is 1.21 bits per heavy atom. The number of aromatic nitrogens is 3. The maximum atomic E-state index is 12.2. The highest BCUT2D eigenvalue weighted by Crippen LogP contribution is 2.15. The number of thiazole rings is 1. The number of hydrogen-bond donors (Lipinski definition) is 1. The van der Waals surface area contributed by atoms with Gasteiger partial charge in [-0.3, -0.25) is 9.59 Å². The predicted molar refractivity (Wildman–Crippen MR) is 108 cm³/mol. The van der Waals surface area contributed by atoms with Crippen LogP contribution < -0.4 is 20.1 Å². The largest absolute Gasteiger partial charge is 0.484 e. The van der Waals surface area contributed by atoms with E-state index in [0.29, 0.717) is 15.2 Å². The SMILES string of the molecule is Cc1ccccc1NC(=O)COc1ccc(/C=c2\sc3ncnn3c2=O)cc1. The fourth-order valence-corrected chi connectivity index (χ4v) is 3.52. The minimum absolute atomic E-state index is 0.0874. The number of anilines is 1. The van der Waals surface area contributed by atoms with Gasteiger partial charge in [0, 0.05) is 5.69 Å². The molecule has 0 aliphatic carbocycles. The van der Waals surface area contributed by atoms with Crippen molar-refractivity contribution < 1.29 is 9.53 Å². The maximum absolute atomic E-state index is 12.2. The highest BCUT2D eigenvalue weighted by molar-refractivity contribution is 7.15. The summed E-state index contributed by atoms with van der Waals surface area (Å²) in [5, 5.41) is 6.72. The second-order valence-corrected chi connectivity index (χ2v) is 7.10. The number of aryl methyl sites for hydroxylation is 1. The summed E-state index contributed by atoms with van der Waals surface area (Å²) in [6.45, 7) is 1.84. The number of nitrogens with zero attached hydrogens (tertiary/aromatic N) is 3. The third-order valence-corrected chi connectivity index (χ3v) is 5.06. The van der Waals surface area contributed by atoms with E-state index in [0.717, 1.165) is 16.8 Å². The first-order chi connectivity index (χ1) is 13.6. The minimum atomic E-state index is -0.227. The molecule has 7 nitrogen and oxygen atoms in total.